The van der Waals surface area contributed by atoms with Crippen LogP contribution in [0.5, 0.6) is 5.75 Å². The molecule has 0 N–H and O–H groups in total. The SMILES string of the molecule is CCOC(=O)C1=C(C)N=c2sc(=Cc3cn(-c4ccccc4)nc3-c3ccc(OC)cc3)c(=O)n2C1c1ccc(C(=O)OC)cc1. The number of carbonyl (C=O) groups excluding carboxylic acids is 2. The van der Waals surface area contributed by atoms with Gasteiger partial charge in [0.05, 0.1) is 53.9 Å². The average molecular weight is 635 g/mol. The Hall–Kier alpha value is -5.55. The van der Waals surface area contributed by atoms with E-state index in [1.165, 1.54) is 23.0 Å². The van der Waals surface area contributed by atoms with Crippen molar-refractivity contribution in [3.63, 3.8) is 0 Å². The minimum Gasteiger partial charge on any atom is -0.497 e. The third-order valence-corrected chi connectivity index (χ3v) is 8.56. The van der Waals surface area contributed by atoms with Gasteiger partial charge in [0.1, 0.15) is 11.4 Å². The molecule has 0 radical (unpaired) electrons. The van der Waals surface area contributed by atoms with E-state index >= 15 is 0 Å². The van der Waals surface area contributed by atoms with Gasteiger partial charge in [0.25, 0.3) is 5.56 Å². The van der Waals surface area contributed by atoms with Crippen LogP contribution in [0.15, 0.2) is 106 Å². The zero-order valence-electron chi connectivity index (χ0n) is 25.6. The van der Waals surface area contributed by atoms with E-state index in [1.54, 1.807) is 56.0 Å². The van der Waals surface area contributed by atoms with Gasteiger partial charge >= 0.3 is 11.9 Å². The number of esters is 2. The summed E-state index contributed by atoms with van der Waals surface area (Å²) in [7, 11) is 2.92. The lowest BCUT2D eigenvalue weighted by Gasteiger charge is -2.24. The molecule has 10 nitrogen and oxygen atoms in total. The second-order valence-electron chi connectivity index (χ2n) is 10.4. The van der Waals surface area contributed by atoms with Gasteiger partial charge in [-0.3, -0.25) is 9.36 Å². The van der Waals surface area contributed by atoms with Gasteiger partial charge in [-0.1, -0.05) is 41.7 Å². The summed E-state index contributed by atoms with van der Waals surface area (Å²) in [5.74, 6) is -0.337. The number of methoxy groups -OCH3 is 2. The van der Waals surface area contributed by atoms with Crippen molar-refractivity contribution in [2.75, 3.05) is 20.8 Å². The number of thiazole rings is 1. The maximum absolute atomic E-state index is 14.3. The second kappa shape index (κ2) is 12.8. The van der Waals surface area contributed by atoms with Gasteiger partial charge in [0, 0.05) is 17.3 Å². The highest BCUT2D eigenvalue weighted by atomic mass is 32.1. The van der Waals surface area contributed by atoms with Gasteiger partial charge in [-0.25, -0.2) is 19.3 Å². The monoisotopic (exact) mass is 634 g/mol. The lowest BCUT2D eigenvalue weighted by Crippen LogP contribution is -2.40. The summed E-state index contributed by atoms with van der Waals surface area (Å²) in [6.45, 7) is 3.61. The molecule has 1 aliphatic heterocycles. The molecule has 0 amide bonds. The molecule has 2 aromatic heterocycles. The number of hydrogen-bond acceptors (Lipinski definition) is 9. The standard InChI is InChI=1S/C35H30N4O6S/c1-5-45-34(42)29-21(2)36-35-39(31(29)23-11-13-24(14-12-23)33(41)44-4)32(40)28(46-35)19-25-20-38(26-9-7-6-8-10-26)37-30(25)22-15-17-27(43-3)18-16-22/h6-20,31H,5H2,1-4H3. The van der Waals surface area contributed by atoms with E-state index in [4.69, 9.17) is 19.3 Å². The number of rotatable bonds is 8. The number of benzene rings is 3. The third-order valence-electron chi connectivity index (χ3n) is 7.58. The molecule has 11 heteroatoms. The van der Waals surface area contributed by atoms with E-state index in [0.717, 1.165) is 16.8 Å². The largest absolute Gasteiger partial charge is 0.497 e. The van der Waals surface area contributed by atoms with Crippen molar-refractivity contribution in [1.29, 1.82) is 0 Å². The van der Waals surface area contributed by atoms with Crippen molar-refractivity contribution in [2.45, 2.75) is 19.9 Å². The van der Waals surface area contributed by atoms with Crippen LogP contribution in [-0.4, -0.2) is 47.1 Å². The quantitative estimate of drug-likeness (QED) is 0.232. The van der Waals surface area contributed by atoms with Gasteiger partial charge in [-0.2, -0.15) is 5.10 Å². The number of allylic oxidation sites excluding steroid dienone is 1. The maximum Gasteiger partial charge on any atom is 0.338 e. The topological polar surface area (TPSA) is 114 Å². The van der Waals surface area contributed by atoms with Gasteiger partial charge in [-0.15, -0.1) is 0 Å². The van der Waals surface area contributed by atoms with Crippen molar-refractivity contribution >= 4 is 29.4 Å². The number of carbonyl (C=O) groups is 2. The van der Waals surface area contributed by atoms with E-state index in [2.05, 4.69) is 4.99 Å². The fourth-order valence-electron chi connectivity index (χ4n) is 5.35. The number of para-hydroxylation sites is 1. The molecular weight excluding hydrogens is 604 g/mol. The first-order chi connectivity index (χ1) is 22.3. The summed E-state index contributed by atoms with van der Waals surface area (Å²) in [6, 6.07) is 23.1. The molecule has 3 aromatic carbocycles. The van der Waals surface area contributed by atoms with E-state index in [-0.39, 0.29) is 17.7 Å². The lowest BCUT2D eigenvalue weighted by molar-refractivity contribution is -0.139. The number of hydrogen-bond donors (Lipinski definition) is 0. The van der Waals surface area contributed by atoms with Crippen molar-refractivity contribution < 1.29 is 23.8 Å². The van der Waals surface area contributed by atoms with Crippen molar-refractivity contribution in [1.82, 2.24) is 14.3 Å². The maximum atomic E-state index is 14.3. The molecule has 46 heavy (non-hydrogen) atoms. The predicted octanol–water partition coefficient (Wildman–Crippen LogP) is 4.45. The Labute approximate surface area is 268 Å². The predicted molar refractivity (Wildman–Crippen MR) is 174 cm³/mol. The van der Waals surface area contributed by atoms with Crippen LogP contribution in [0.25, 0.3) is 23.0 Å². The van der Waals surface area contributed by atoms with Gasteiger partial charge in [-0.05, 0) is 74.0 Å². The molecule has 1 aliphatic rings. The van der Waals surface area contributed by atoms with Crippen LogP contribution in [-0.2, 0) is 14.3 Å². The summed E-state index contributed by atoms with van der Waals surface area (Å²) in [5, 5.41) is 4.88. The molecule has 3 heterocycles. The van der Waals surface area contributed by atoms with Crippen molar-refractivity contribution in [2.24, 2.45) is 4.99 Å². The van der Waals surface area contributed by atoms with Crippen molar-refractivity contribution in [3.8, 4) is 22.7 Å². The average Bonchev–Trinajstić information content (AvgIpc) is 3.64. The highest BCUT2D eigenvalue weighted by Gasteiger charge is 2.33. The van der Waals surface area contributed by atoms with Crippen LogP contribution in [0.4, 0.5) is 0 Å². The molecule has 0 spiro atoms. The highest BCUT2D eigenvalue weighted by Crippen LogP contribution is 2.31. The molecule has 1 unspecified atom stereocenters. The van der Waals surface area contributed by atoms with Gasteiger partial charge in [0.15, 0.2) is 4.80 Å². The first-order valence-corrected chi connectivity index (χ1v) is 15.3. The van der Waals surface area contributed by atoms with E-state index in [0.29, 0.717) is 37.6 Å². The summed E-state index contributed by atoms with van der Waals surface area (Å²) >= 11 is 1.22. The number of ether oxygens (including phenoxy) is 3. The molecule has 0 fully saturated rings. The lowest BCUT2D eigenvalue weighted by atomic mass is 9.95. The summed E-state index contributed by atoms with van der Waals surface area (Å²) < 4.78 is 19.3. The van der Waals surface area contributed by atoms with Crippen LogP contribution in [0.2, 0.25) is 0 Å². The smallest absolute Gasteiger partial charge is 0.338 e. The molecule has 0 saturated carbocycles. The normalized spacial score (nSPS) is 14.4. The zero-order valence-corrected chi connectivity index (χ0v) is 26.4. The van der Waals surface area contributed by atoms with Crippen LogP contribution in [0, 0.1) is 0 Å². The molecule has 6 rings (SSSR count). The number of aromatic nitrogens is 3. The molecule has 0 saturated heterocycles. The zero-order chi connectivity index (χ0) is 32.4. The summed E-state index contributed by atoms with van der Waals surface area (Å²) in [4.78, 5) is 44.7. The first-order valence-electron chi connectivity index (χ1n) is 14.5. The van der Waals surface area contributed by atoms with E-state index in [9.17, 15) is 14.4 Å². The molecule has 232 valence electrons. The van der Waals surface area contributed by atoms with Crippen molar-refractivity contribution in [3.05, 3.63) is 133 Å². The first kappa shape index (κ1) is 30.5. The Morgan fingerprint density at radius 3 is 2.33 bits per heavy atom. The third kappa shape index (κ3) is 5.68. The Bertz CT molecular complexity index is 2140. The Morgan fingerprint density at radius 1 is 0.957 bits per heavy atom. The fourth-order valence-corrected chi connectivity index (χ4v) is 6.38. The van der Waals surface area contributed by atoms with Crippen LogP contribution < -0.4 is 19.6 Å². The van der Waals surface area contributed by atoms with Crippen LogP contribution in [0.1, 0.15) is 41.4 Å². The molecule has 5 aromatic rings. The van der Waals surface area contributed by atoms with Gasteiger partial charge in [0.2, 0.25) is 0 Å². The summed E-state index contributed by atoms with van der Waals surface area (Å²) in [5.41, 5.74) is 4.45. The molecular formula is C35H30N4O6S. The van der Waals surface area contributed by atoms with E-state index in [1.807, 2.05) is 60.8 Å². The Morgan fingerprint density at radius 2 is 1.67 bits per heavy atom. The number of fused-ring (bicyclic) bond motifs is 1. The molecule has 1 atom stereocenters. The molecule has 0 aliphatic carbocycles. The minimum atomic E-state index is -0.822. The fraction of sp³-hybridized carbons (Fsp3) is 0.171. The summed E-state index contributed by atoms with van der Waals surface area (Å²) in [6.07, 6.45) is 3.68. The van der Waals surface area contributed by atoms with E-state index < -0.39 is 18.0 Å². The number of nitrogens with zero attached hydrogens (tertiary/aromatic N) is 4. The molecule has 0 bridgehead atoms. The highest BCUT2D eigenvalue weighted by molar-refractivity contribution is 7.07. The second-order valence-corrected chi connectivity index (χ2v) is 11.4. The van der Waals surface area contributed by atoms with Crippen LogP contribution in [0.3, 0.4) is 0 Å². The minimum absolute atomic E-state index is 0.160. The van der Waals surface area contributed by atoms with Crippen LogP contribution >= 0.6 is 11.3 Å². The Kier molecular flexibility index (Phi) is 8.49. The van der Waals surface area contributed by atoms with Gasteiger partial charge < -0.3 is 14.2 Å². The Balaban J connectivity index is 1.53.